The topological polar surface area (TPSA) is 129 Å². The molecule has 31 heavy (non-hydrogen) atoms. The van der Waals surface area contributed by atoms with Gasteiger partial charge in [0, 0.05) is 12.0 Å². The first kappa shape index (κ1) is 23.4. The zero-order chi connectivity index (χ0) is 22.7. The lowest BCUT2D eigenvalue weighted by Crippen LogP contribution is -2.61. The number of benzene rings is 2. The molecule has 0 aliphatic carbocycles. The Labute approximate surface area is 179 Å². The van der Waals surface area contributed by atoms with Gasteiger partial charge in [-0.15, -0.1) is 0 Å². The van der Waals surface area contributed by atoms with E-state index < -0.39 is 49.2 Å². The highest BCUT2D eigenvalue weighted by atomic mass is 19.1. The van der Waals surface area contributed by atoms with Crippen molar-refractivity contribution < 1.29 is 44.1 Å². The van der Waals surface area contributed by atoms with Crippen LogP contribution in [0, 0.1) is 5.82 Å². The number of hydrogen-bond donors (Lipinski definition) is 5. The summed E-state index contributed by atoms with van der Waals surface area (Å²) in [5.41, 5.74) is 1.14. The van der Waals surface area contributed by atoms with Crippen molar-refractivity contribution in [2.45, 2.75) is 56.8 Å². The van der Waals surface area contributed by atoms with Crippen LogP contribution in [0.1, 0.15) is 23.6 Å². The molecule has 0 bridgehead atoms. The normalized spacial score (nSPS) is 27.0. The van der Waals surface area contributed by atoms with E-state index in [-0.39, 0.29) is 23.3 Å². The molecule has 1 aliphatic heterocycles. The Morgan fingerprint density at radius 3 is 2.29 bits per heavy atom. The molecule has 9 heteroatoms. The van der Waals surface area contributed by atoms with Gasteiger partial charge in [-0.2, -0.15) is 0 Å². The molecule has 1 fully saturated rings. The Hall–Kier alpha value is -2.27. The van der Waals surface area contributed by atoms with Crippen LogP contribution in [0.25, 0.3) is 0 Å². The summed E-state index contributed by atoms with van der Waals surface area (Å²) in [5.74, 6) is 0.0129. The van der Waals surface area contributed by atoms with Gasteiger partial charge in [0.2, 0.25) is 6.29 Å². The molecule has 2 aromatic rings. The van der Waals surface area contributed by atoms with Crippen LogP contribution in [0.3, 0.4) is 0 Å². The predicted octanol–water partition coefficient (Wildman–Crippen LogP) is 0.485. The van der Waals surface area contributed by atoms with Crippen molar-refractivity contribution in [1.29, 1.82) is 0 Å². The summed E-state index contributed by atoms with van der Waals surface area (Å²) in [4.78, 5) is 0. The van der Waals surface area contributed by atoms with Gasteiger partial charge < -0.3 is 39.7 Å². The van der Waals surface area contributed by atoms with Crippen LogP contribution in [-0.4, -0.2) is 69.5 Å². The van der Waals surface area contributed by atoms with Crippen molar-refractivity contribution in [3.05, 3.63) is 58.9 Å². The third-order valence-electron chi connectivity index (χ3n) is 5.26. The molecular weight excluding hydrogens is 411 g/mol. The fourth-order valence-corrected chi connectivity index (χ4v) is 3.48. The summed E-state index contributed by atoms with van der Waals surface area (Å²) >= 11 is 0. The molecule has 6 atom stereocenters. The van der Waals surface area contributed by atoms with Crippen LogP contribution in [0.15, 0.2) is 36.4 Å². The molecule has 1 heterocycles. The average Bonchev–Trinajstić information content (AvgIpc) is 2.76. The second kappa shape index (κ2) is 9.90. The van der Waals surface area contributed by atoms with Gasteiger partial charge in [-0.05, 0) is 42.3 Å². The highest BCUT2D eigenvalue weighted by Crippen LogP contribution is 2.32. The Morgan fingerprint density at radius 2 is 1.71 bits per heavy atom. The van der Waals surface area contributed by atoms with E-state index in [0.717, 1.165) is 5.56 Å². The summed E-state index contributed by atoms with van der Waals surface area (Å²) in [7, 11) is 1.54. The fraction of sp³-hybridized carbons (Fsp3) is 0.455. The zero-order valence-corrected chi connectivity index (χ0v) is 17.2. The minimum Gasteiger partial charge on any atom is -0.497 e. The van der Waals surface area contributed by atoms with Crippen LogP contribution < -0.4 is 9.47 Å². The van der Waals surface area contributed by atoms with Crippen molar-refractivity contribution in [2.75, 3.05) is 7.11 Å². The third-order valence-corrected chi connectivity index (χ3v) is 5.26. The first-order valence-electron chi connectivity index (χ1n) is 9.84. The van der Waals surface area contributed by atoms with Crippen molar-refractivity contribution in [2.24, 2.45) is 0 Å². The van der Waals surface area contributed by atoms with Gasteiger partial charge in [0.05, 0.1) is 19.8 Å². The molecule has 0 amide bonds. The van der Waals surface area contributed by atoms with Gasteiger partial charge in [0.1, 0.15) is 41.7 Å². The van der Waals surface area contributed by atoms with Gasteiger partial charge in [-0.1, -0.05) is 12.1 Å². The largest absolute Gasteiger partial charge is 0.497 e. The van der Waals surface area contributed by atoms with Gasteiger partial charge in [-0.3, -0.25) is 0 Å². The van der Waals surface area contributed by atoms with Crippen LogP contribution in [-0.2, 0) is 17.8 Å². The lowest BCUT2D eigenvalue weighted by Gasteiger charge is -2.41. The molecule has 5 N–H and O–H groups in total. The molecule has 0 unspecified atom stereocenters. The molecule has 1 saturated heterocycles. The quantitative estimate of drug-likeness (QED) is 0.422. The summed E-state index contributed by atoms with van der Waals surface area (Å²) in [6, 6.07) is 9.58. The van der Waals surface area contributed by atoms with Gasteiger partial charge in [-0.25, -0.2) is 4.39 Å². The van der Waals surface area contributed by atoms with Crippen LogP contribution in [0.5, 0.6) is 11.5 Å². The van der Waals surface area contributed by atoms with Gasteiger partial charge in [0.25, 0.3) is 0 Å². The van der Waals surface area contributed by atoms with Crippen LogP contribution >= 0.6 is 0 Å². The molecule has 3 rings (SSSR count). The summed E-state index contributed by atoms with van der Waals surface area (Å²) < 4.78 is 31.2. The van der Waals surface area contributed by atoms with Crippen LogP contribution in [0.4, 0.5) is 4.39 Å². The van der Waals surface area contributed by atoms with E-state index >= 15 is 0 Å². The minimum absolute atomic E-state index is 0.00292. The maximum atomic E-state index is 14.9. The fourth-order valence-electron chi connectivity index (χ4n) is 3.48. The summed E-state index contributed by atoms with van der Waals surface area (Å²) in [5, 5.41) is 49.7. The first-order chi connectivity index (χ1) is 14.7. The maximum absolute atomic E-state index is 14.9. The summed E-state index contributed by atoms with van der Waals surface area (Å²) in [6.07, 6.45) is -8.57. The van der Waals surface area contributed by atoms with E-state index in [4.69, 9.17) is 14.2 Å². The highest BCUT2D eigenvalue weighted by Gasteiger charge is 2.46. The molecule has 8 nitrogen and oxygen atoms in total. The lowest BCUT2D eigenvalue weighted by atomic mass is 9.96. The number of halogens is 1. The van der Waals surface area contributed by atoms with E-state index in [2.05, 4.69) is 0 Å². The lowest BCUT2D eigenvalue weighted by molar-refractivity contribution is -0.286. The number of methoxy groups -OCH3 is 1. The molecule has 0 aromatic heterocycles. The molecule has 0 spiro atoms. The first-order valence-corrected chi connectivity index (χ1v) is 9.84. The number of aliphatic hydroxyl groups excluding tert-OH is 5. The van der Waals surface area contributed by atoms with Crippen LogP contribution in [0.2, 0.25) is 0 Å². The van der Waals surface area contributed by atoms with Crippen molar-refractivity contribution >= 4 is 0 Å². The zero-order valence-electron chi connectivity index (χ0n) is 17.2. The molecule has 2 aromatic carbocycles. The van der Waals surface area contributed by atoms with Gasteiger partial charge in [0.15, 0.2) is 0 Å². The average molecular weight is 438 g/mol. The number of ether oxygens (including phenoxy) is 3. The molecular formula is C22H27FO8. The molecule has 170 valence electrons. The van der Waals surface area contributed by atoms with E-state index in [1.54, 1.807) is 24.3 Å². The maximum Gasteiger partial charge on any atom is 0.229 e. The number of hydrogen-bond acceptors (Lipinski definition) is 8. The second-order valence-electron chi connectivity index (χ2n) is 7.54. The monoisotopic (exact) mass is 438 g/mol. The van der Waals surface area contributed by atoms with E-state index in [0.29, 0.717) is 5.75 Å². The van der Waals surface area contributed by atoms with Crippen molar-refractivity contribution in [1.82, 2.24) is 0 Å². The number of rotatable bonds is 7. The van der Waals surface area contributed by atoms with Crippen molar-refractivity contribution in [3.8, 4) is 11.5 Å². The van der Waals surface area contributed by atoms with E-state index in [1.165, 1.54) is 26.2 Å². The van der Waals surface area contributed by atoms with Crippen molar-refractivity contribution in [3.63, 3.8) is 0 Å². The third kappa shape index (κ3) is 5.15. The van der Waals surface area contributed by atoms with Gasteiger partial charge >= 0.3 is 0 Å². The number of aliphatic hydroxyl groups is 5. The minimum atomic E-state index is -1.65. The standard InChI is InChI=1S/C22H27FO8/c1-11(25)21-19(27)18(26)20(28)22(31-21)30-17-9-13(10-24)8-16(23)15(17)7-12-3-5-14(29-2)6-4-12/h3-6,8-9,11,18-22,24-28H,7,10H2,1-2H3/t11-,18-,19-,20+,21+,22+/m0/s1. The molecule has 1 aliphatic rings. The Kier molecular flexibility index (Phi) is 7.47. The summed E-state index contributed by atoms with van der Waals surface area (Å²) in [6.45, 7) is 0.915. The smallest absolute Gasteiger partial charge is 0.229 e. The highest BCUT2D eigenvalue weighted by molar-refractivity contribution is 5.42. The van der Waals surface area contributed by atoms with E-state index in [1.807, 2.05) is 0 Å². The SMILES string of the molecule is COc1ccc(Cc2c(F)cc(CO)cc2O[C@@H]2O[C@H]([C@H](C)O)[C@@H](O)[C@H](O)[C@H]2O)cc1. The Morgan fingerprint density at radius 1 is 1.03 bits per heavy atom. The Balaban J connectivity index is 1.92. The Bertz CT molecular complexity index is 873. The molecule has 0 saturated carbocycles. The van der Waals surface area contributed by atoms with E-state index in [9.17, 15) is 29.9 Å². The second-order valence-corrected chi connectivity index (χ2v) is 7.54. The predicted molar refractivity (Wildman–Crippen MR) is 107 cm³/mol. The molecule has 0 radical (unpaired) electrons.